The first kappa shape index (κ1) is 7.98. The van der Waals surface area contributed by atoms with E-state index in [0.717, 1.165) is 19.6 Å². The van der Waals surface area contributed by atoms with Gasteiger partial charge in [0, 0.05) is 7.11 Å². The molecule has 10 heavy (non-hydrogen) atoms. The lowest BCUT2D eigenvalue weighted by Gasteiger charge is -2.27. The molecular weight excluding hydrogens is 130 g/mol. The van der Waals surface area contributed by atoms with Crippen molar-refractivity contribution in [2.75, 3.05) is 26.9 Å². The van der Waals surface area contributed by atoms with Crippen molar-refractivity contribution in [2.24, 2.45) is 11.7 Å². The summed E-state index contributed by atoms with van der Waals surface area (Å²) in [7, 11) is 1.72. The molecule has 1 heterocycles. The maximum absolute atomic E-state index is 5.48. The molecule has 1 rings (SSSR count). The molecule has 1 saturated heterocycles. The average Bonchev–Trinajstić information content (AvgIpc) is 2.05. The molecule has 0 saturated carbocycles. The van der Waals surface area contributed by atoms with Gasteiger partial charge in [0.25, 0.3) is 0 Å². The minimum Gasteiger partial charge on any atom is -0.379 e. The molecule has 3 heteroatoms. The number of hydrogen-bond donors (Lipinski definition) is 1. The summed E-state index contributed by atoms with van der Waals surface area (Å²) in [6.45, 7) is 2.24. The maximum Gasteiger partial charge on any atom is 0.0808 e. The SMILES string of the molecule is CO[C@@H]1COC[C@@H](CN)C1. The predicted octanol–water partition coefficient (Wildman–Crippen LogP) is -0.00340. The summed E-state index contributed by atoms with van der Waals surface area (Å²) in [5.41, 5.74) is 5.48. The summed E-state index contributed by atoms with van der Waals surface area (Å²) in [4.78, 5) is 0. The van der Waals surface area contributed by atoms with Gasteiger partial charge in [0.15, 0.2) is 0 Å². The zero-order valence-electron chi connectivity index (χ0n) is 6.38. The molecule has 0 aliphatic carbocycles. The molecule has 0 aromatic rings. The van der Waals surface area contributed by atoms with Crippen LogP contribution in [0.25, 0.3) is 0 Å². The van der Waals surface area contributed by atoms with Crippen LogP contribution < -0.4 is 5.73 Å². The van der Waals surface area contributed by atoms with E-state index in [9.17, 15) is 0 Å². The molecule has 3 nitrogen and oxygen atoms in total. The highest BCUT2D eigenvalue weighted by Crippen LogP contribution is 2.14. The highest BCUT2D eigenvalue weighted by atomic mass is 16.5. The predicted molar refractivity (Wildman–Crippen MR) is 38.8 cm³/mol. The first-order valence-corrected chi connectivity index (χ1v) is 3.67. The number of hydrogen-bond acceptors (Lipinski definition) is 3. The molecule has 0 radical (unpaired) electrons. The Bertz CT molecular complexity index is 87.6. The lowest BCUT2D eigenvalue weighted by atomic mass is 10.0. The van der Waals surface area contributed by atoms with Gasteiger partial charge in [-0.15, -0.1) is 0 Å². The quantitative estimate of drug-likeness (QED) is 0.594. The number of methoxy groups -OCH3 is 1. The lowest BCUT2D eigenvalue weighted by Crippen LogP contribution is -2.34. The molecule has 0 unspecified atom stereocenters. The van der Waals surface area contributed by atoms with E-state index in [4.69, 9.17) is 15.2 Å². The van der Waals surface area contributed by atoms with Crippen LogP contribution in [0.15, 0.2) is 0 Å². The fourth-order valence-corrected chi connectivity index (χ4v) is 1.20. The Kier molecular flexibility index (Phi) is 3.12. The van der Waals surface area contributed by atoms with Crippen molar-refractivity contribution in [3.8, 4) is 0 Å². The van der Waals surface area contributed by atoms with E-state index in [1.165, 1.54) is 0 Å². The monoisotopic (exact) mass is 145 g/mol. The molecule has 0 aromatic heterocycles. The van der Waals surface area contributed by atoms with E-state index in [1.54, 1.807) is 7.11 Å². The van der Waals surface area contributed by atoms with Crippen LogP contribution in [0.5, 0.6) is 0 Å². The van der Waals surface area contributed by atoms with E-state index in [2.05, 4.69) is 0 Å². The van der Waals surface area contributed by atoms with Crippen molar-refractivity contribution in [2.45, 2.75) is 12.5 Å². The second-order valence-electron chi connectivity index (χ2n) is 2.73. The van der Waals surface area contributed by atoms with Crippen LogP contribution in [0.4, 0.5) is 0 Å². The topological polar surface area (TPSA) is 44.5 Å². The van der Waals surface area contributed by atoms with Gasteiger partial charge in [0.05, 0.1) is 19.3 Å². The molecule has 0 amide bonds. The van der Waals surface area contributed by atoms with Gasteiger partial charge in [-0.1, -0.05) is 0 Å². The van der Waals surface area contributed by atoms with Crippen LogP contribution in [0.2, 0.25) is 0 Å². The Morgan fingerprint density at radius 3 is 3.00 bits per heavy atom. The largest absolute Gasteiger partial charge is 0.379 e. The van der Waals surface area contributed by atoms with Gasteiger partial charge < -0.3 is 15.2 Å². The molecule has 0 aromatic carbocycles. The van der Waals surface area contributed by atoms with Crippen molar-refractivity contribution in [3.05, 3.63) is 0 Å². The van der Waals surface area contributed by atoms with E-state index in [1.807, 2.05) is 0 Å². The van der Waals surface area contributed by atoms with Gasteiger partial charge in [-0.25, -0.2) is 0 Å². The van der Waals surface area contributed by atoms with Crippen molar-refractivity contribution in [3.63, 3.8) is 0 Å². The second-order valence-corrected chi connectivity index (χ2v) is 2.73. The minimum atomic E-state index is 0.266. The van der Waals surface area contributed by atoms with E-state index in [-0.39, 0.29) is 6.10 Å². The fraction of sp³-hybridized carbons (Fsp3) is 1.00. The van der Waals surface area contributed by atoms with Gasteiger partial charge in [0.2, 0.25) is 0 Å². The van der Waals surface area contributed by atoms with E-state index in [0.29, 0.717) is 12.5 Å². The first-order valence-electron chi connectivity index (χ1n) is 3.67. The zero-order chi connectivity index (χ0) is 7.40. The summed E-state index contributed by atoms with van der Waals surface area (Å²) in [5.74, 6) is 0.499. The van der Waals surface area contributed by atoms with Crippen LogP contribution >= 0.6 is 0 Å². The summed E-state index contributed by atoms with van der Waals surface area (Å²) in [6, 6.07) is 0. The van der Waals surface area contributed by atoms with Gasteiger partial charge in [-0.3, -0.25) is 0 Å². The third-order valence-corrected chi connectivity index (χ3v) is 1.92. The van der Waals surface area contributed by atoms with E-state index >= 15 is 0 Å². The Morgan fingerprint density at radius 2 is 2.40 bits per heavy atom. The normalized spacial score (nSPS) is 34.2. The first-order chi connectivity index (χ1) is 4.86. The van der Waals surface area contributed by atoms with Gasteiger partial charge >= 0.3 is 0 Å². The molecule has 60 valence electrons. The number of rotatable bonds is 2. The third kappa shape index (κ3) is 1.94. The van der Waals surface area contributed by atoms with Crippen LogP contribution in [0.1, 0.15) is 6.42 Å². The maximum atomic E-state index is 5.48. The van der Waals surface area contributed by atoms with Crippen LogP contribution in [-0.2, 0) is 9.47 Å². The van der Waals surface area contributed by atoms with E-state index < -0.39 is 0 Å². The van der Waals surface area contributed by atoms with Crippen molar-refractivity contribution < 1.29 is 9.47 Å². The average molecular weight is 145 g/mol. The molecular formula is C7H15NO2. The van der Waals surface area contributed by atoms with Crippen LogP contribution in [-0.4, -0.2) is 33.0 Å². The fourth-order valence-electron chi connectivity index (χ4n) is 1.20. The van der Waals surface area contributed by atoms with Crippen molar-refractivity contribution in [1.82, 2.24) is 0 Å². The molecule has 1 fully saturated rings. The van der Waals surface area contributed by atoms with Gasteiger partial charge in [0.1, 0.15) is 0 Å². The van der Waals surface area contributed by atoms with Crippen LogP contribution in [0, 0.1) is 5.92 Å². The Hall–Kier alpha value is -0.120. The Labute approximate surface area is 61.5 Å². The highest BCUT2D eigenvalue weighted by molar-refractivity contribution is 4.70. The Balaban J connectivity index is 2.25. The standard InChI is InChI=1S/C7H15NO2/c1-9-7-2-6(3-8)4-10-5-7/h6-7H,2-5,8H2,1H3/t6-,7+/m1/s1. The number of nitrogens with two attached hydrogens (primary N) is 1. The molecule has 0 spiro atoms. The minimum absolute atomic E-state index is 0.266. The van der Waals surface area contributed by atoms with Crippen LogP contribution in [0.3, 0.4) is 0 Å². The second kappa shape index (κ2) is 3.91. The highest BCUT2D eigenvalue weighted by Gasteiger charge is 2.20. The van der Waals surface area contributed by atoms with Gasteiger partial charge in [-0.2, -0.15) is 0 Å². The Morgan fingerprint density at radius 1 is 1.60 bits per heavy atom. The lowest BCUT2D eigenvalue weighted by molar-refractivity contribution is -0.0534. The van der Waals surface area contributed by atoms with Crippen molar-refractivity contribution >= 4 is 0 Å². The van der Waals surface area contributed by atoms with Gasteiger partial charge in [-0.05, 0) is 18.9 Å². The molecule has 1 aliphatic heterocycles. The smallest absolute Gasteiger partial charge is 0.0808 e. The third-order valence-electron chi connectivity index (χ3n) is 1.92. The molecule has 2 atom stereocenters. The molecule has 1 aliphatic rings. The molecule has 0 bridgehead atoms. The molecule has 2 N–H and O–H groups in total. The summed E-state index contributed by atoms with van der Waals surface area (Å²) in [6.07, 6.45) is 1.31. The summed E-state index contributed by atoms with van der Waals surface area (Å²) in [5, 5.41) is 0. The number of ether oxygens (including phenoxy) is 2. The zero-order valence-corrected chi connectivity index (χ0v) is 6.38. The van der Waals surface area contributed by atoms with Crippen molar-refractivity contribution in [1.29, 1.82) is 0 Å². The summed E-state index contributed by atoms with van der Waals surface area (Å²) < 4.78 is 10.4. The summed E-state index contributed by atoms with van der Waals surface area (Å²) >= 11 is 0.